The second-order valence-electron chi connectivity index (χ2n) is 4.17. The third kappa shape index (κ3) is 3.26. The number of aliphatic hydroxyl groups excluding tert-OH is 1. The van der Waals surface area contributed by atoms with E-state index in [4.69, 9.17) is 0 Å². The van der Waals surface area contributed by atoms with Crippen molar-refractivity contribution < 1.29 is 5.11 Å². The summed E-state index contributed by atoms with van der Waals surface area (Å²) in [5.41, 5.74) is 2.93. The van der Waals surface area contributed by atoms with Crippen molar-refractivity contribution in [1.82, 2.24) is 10.3 Å². The predicted octanol–water partition coefficient (Wildman–Crippen LogP) is 1.93. The molecule has 0 saturated heterocycles. The molecule has 1 fully saturated rings. The highest BCUT2D eigenvalue weighted by atomic mass is 32.1. The van der Waals surface area contributed by atoms with Crippen LogP contribution in [0, 0.1) is 0 Å². The summed E-state index contributed by atoms with van der Waals surface area (Å²) >= 11 is 1.62. The van der Waals surface area contributed by atoms with Crippen molar-refractivity contribution in [1.29, 1.82) is 0 Å². The molecular formula is C11H18N2OS. The number of nitrogens with zero attached hydrogens (tertiary/aromatic N) is 1. The lowest BCUT2D eigenvalue weighted by Crippen LogP contribution is -2.38. The predicted molar refractivity (Wildman–Crippen MR) is 61.8 cm³/mol. The topological polar surface area (TPSA) is 45.1 Å². The molecule has 2 N–H and O–H groups in total. The molecule has 0 radical (unpaired) electrons. The van der Waals surface area contributed by atoms with Gasteiger partial charge in [-0.2, -0.15) is 0 Å². The maximum Gasteiger partial charge on any atom is 0.0795 e. The molecule has 2 unspecified atom stereocenters. The second kappa shape index (κ2) is 5.58. The van der Waals surface area contributed by atoms with E-state index in [-0.39, 0.29) is 12.1 Å². The van der Waals surface area contributed by atoms with E-state index in [1.54, 1.807) is 11.3 Å². The van der Waals surface area contributed by atoms with Crippen LogP contribution in [0.3, 0.4) is 0 Å². The Morgan fingerprint density at radius 1 is 1.40 bits per heavy atom. The molecule has 2 rings (SSSR count). The number of aromatic nitrogens is 1. The molecule has 1 aromatic rings. The van der Waals surface area contributed by atoms with E-state index in [9.17, 15) is 5.11 Å². The summed E-state index contributed by atoms with van der Waals surface area (Å²) in [6, 6.07) is 0.259. The lowest BCUT2D eigenvalue weighted by molar-refractivity contribution is 0.119. The molecule has 2 atom stereocenters. The molecule has 15 heavy (non-hydrogen) atoms. The van der Waals surface area contributed by atoms with Crippen molar-refractivity contribution in [3.8, 4) is 0 Å². The number of hydrogen-bond donors (Lipinski definition) is 2. The summed E-state index contributed by atoms with van der Waals surface area (Å²) in [5, 5.41) is 15.4. The standard InChI is InChI=1S/C11H18N2OS/c14-11-5-3-1-2-4-10(11)12-6-9-7-15-8-13-9/h7-8,10-12,14H,1-6H2. The van der Waals surface area contributed by atoms with Crippen LogP contribution < -0.4 is 5.32 Å². The highest BCUT2D eigenvalue weighted by Gasteiger charge is 2.20. The van der Waals surface area contributed by atoms with E-state index < -0.39 is 0 Å². The van der Waals surface area contributed by atoms with Gasteiger partial charge in [-0.15, -0.1) is 11.3 Å². The molecule has 1 aliphatic carbocycles. The van der Waals surface area contributed by atoms with Crippen molar-refractivity contribution in [3.63, 3.8) is 0 Å². The summed E-state index contributed by atoms with van der Waals surface area (Å²) in [6.07, 6.45) is 5.50. The Bertz CT molecular complexity index is 276. The number of nitrogens with one attached hydrogen (secondary N) is 1. The zero-order valence-electron chi connectivity index (χ0n) is 8.85. The first kappa shape index (κ1) is 11.0. The van der Waals surface area contributed by atoms with Gasteiger partial charge in [-0.1, -0.05) is 19.3 Å². The third-order valence-corrected chi connectivity index (χ3v) is 3.64. The van der Waals surface area contributed by atoms with Crippen LogP contribution in [0.15, 0.2) is 10.9 Å². The van der Waals surface area contributed by atoms with E-state index in [0.29, 0.717) is 0 Å². The van der Waals surface area contributed by atoms with Gasteiger partial charge in [0.25, 0.3) is 0 Å². The molecule has 0 amide bonds. The molecule has 0 aliphatic heterocycles. The molecule has 4 heteroatoms. The number of rotatable bonds is 3. The summed E-state index contributed by atoms with van der Waals surface area (Å²) in [4.78, 5) is 4.22. The average molecular weight is 226 g/mol. The van der Waals surface area contributed by atoms with Gasteiger partial charge in [0.1, 0.15) is 0 Å². The van der Waals surface area contributed by atoms with Gasteiger partial charge in [0, 0.05) is 18.0 Å². The highest BCUT2D eigenvalue weighted by molar-refractivity contribution is 7.07. The zero-order valence-corrected chi connectivity index (χ0v) is 9.67. The van der Waals surface area contributed by atoms with Gasteiger partial charge in [0.15, 0.2) is 0 Å². The van der Waals surface area contributed by atoms with E-state index in [1.165, 1.54) is 12.8 Å². The Hall–Kier alpha value is -0.450. The average Bonchev–Trinajstić information content (AvgIpc) is 2.67. The van der Waals surface area contributed by atoms with Gasteiger partial charge in [-0.05, 0) is 12.8 Å². The number of thiazole rings is 1. The van der Waals surface area contributed by atoms with E-state index in [1.807, 2.05) is 5.51 Å². The Kier molecular flexibility index (Phi) is 4.11. The maximum absolute atomic E-state index is 9.90. The SMILES string of the molecule is OC1CCCCCC1NCc1cscn1. The summed E-state index contributed by atoms with van der Waals surface area (Å²) < 4.78 is 0. The van der Waals surface area contributed by atoms with Crippen molar-refractivity contribution in [2.45, 2.75) is 50.8 Å². The normalized spacial score (nSPS) is 27.5. The van der Waals surface area contributed by atoms with Crippen molar-refractivity contribution in [2.75, 3.05) is 0 Å². The quantitative estimate of drug-likeness (QED) is 0.774. The lowest BCUT2D eigenvalue weighted by Gasteiger charge is -2.21. The van der Waals surface area contributed by atoms with E-state index in [0.717, 1.165) is 31.5 Å². The lowest BCUT2D eigenvalue weighted by atomic mass is 10.1. The van der Waals surface area contributed by atoms with Crippen LogP contribution in [0.4, 0.5) is 0 Å². The molecule has 0 spiro atoms. The summed E-state index contributed by atoms with van der Waals surface area (Å²) in [5.74, 6) is 0. The van der Waals surface area contributed by atoms with Crippen LogP contribution in [0.5, 0.6) is 0 Å². The Labute approximate surface area is 94.5 Å². The molecular weight excluding hydrogens is 208 g/mol. The van der Waals surface area contributed by atoms with Crippen LogP contribution >= 0.6 is 11.3 Å². The smallest absolute Gasteiger partial charge is 0.0795 e. The van der Waals surface area contributed by atoms with Crippen LogP contribution in [0.2, 0.25) is 0 Å². The Morgan fingerprint density at radius 2 is 2.27 bits per heavy atom. The van der Waals surface area contributed by atoms with Gasteiger partial charge in [0.05, 0.1) is 17.3 Å². The Morgan fingerprint density at radius 3 is 3.07 bits per heavy atom. The zero-order chi connectivity index (χ0) is 10.5. The monoisotopic (exact) mass is 226 g/mol. The van der Waals surface area contributed by atoms with Crippen molar-refractivity contribution >= 4 is 11.3 Å². The van der Waals surface area contributed by atoms with Gasteiger partial charge >= 0.3 is 0 Å². The van der Waals surface area contributed by atoms with Gasteiger partial charge < -0.3 is 10.4 Å². The Balaban J connectivity index is 1.81. The van der Waals surface area contributed by atoms with Crippen LogP contribution in [0.1, 0.15) is 37.8 Å². The minimum absolute atomic E-state index is 0.175. The first-order chi connectivity index (χ1) is 7.36. The molecule has 0 aromatic carbocycles. The first-order valence-corrected chi connectivity index (χ1v) is 6.59. The van der Waals surface area contributed by atoms with Crippen LogP contribution in [-0.2, 0) is 6.54 Å². The summed E-state index contributed by atoms with van der Waals surface area (Å²) in [7, 11) is 0. The molecule has 84 valence electrons. The molecule has 1 aromatic heterocycles. The van der Waals surface area contributed by atoms with Crippen LogP contribution in [-0.4, -0.2) is 22.2 Å². The molecule has 1 heterocycles. The van der Waals surface area contributed by atoms with Gasteiger partial charge in [0.2, 0.25) is 0 Å². The minimum Gasteiger partial charge on any atom is -0.392 e. The van der Waals surface area contributed by atoms with Crippen molar-refractivity contribution in [2.24, 2.45) is 0 Å². The van der Waals surface area contributed by atoms with Crippen molar-refractivity contribution in [3.05, 3.63) is 16.6 Å². The molecule has 3 nitrogen and oxygen atoms in total. The largest absolute Gasteiger partial charge is 0.392 e. The second-order valence-corrected chi connectivity index (χ2v) is 4.89. The number of hydrogen-bond acceptors (Lipinski definition) is 4. The summed E-state index contributed by atoms with van der Waals surface area (Å²) in [6.45, 7) is 0.783. The molecule has 0 bridgehead atoms. The van der Waals surface area contributed by atoms with E-state index >= 15 is 0 Å². The minimum atomic E-state index is -0.175. The molecule has 1 aliphatic rings. The first-order valence-electron chi connectivity index (χ1n) is 5.65. The fraction of sp³-hybridized carbons (Fsp3) is 0.727. The van der Waals surface area contributed by atoms with Gasteiger partial charge in [-0.25, -0.2) is 4.98 Å². The fourth-order valence-electron chi connectivity index (χ4n) is 2.09. The fourth-order valence-corrected chi connectivity index (χ4v) is 2.65. The van der Waals surface area contributed by atoms with Gasteiger partial charge in [-0.3, -0.25) is 0 Å². The third-order valence-electron chi connectivity index (χ3n) is 3.01. The van der Waals surface area contributed by atoms with Crippen LogP contribution in [0.25, 0.3) is 0 Å². The van der Waals surface area contributed by atoms with E-state index in [2.05, 4.69) is 15.7 Å². The maximum atomic E-state index is 9.90. The molecule has 1 saturated carbocycles. The number of aliphatic hydroxyl groups is 1. The highest BCUT2D eigenvalue weighted by Crippen LogP contribution is 2.18.